The molecule has 0 saturated heterocycles. The number of aliphatic carboxylic acids is 3. The largest absolute Gasteiger partial charge is 0.481 e. The first-order valence-corrected chi connectivity index (χ1v) is 16.4. The summed E-state index contributed by atoms with van der Waals surface area (Å²) >= 11 is 0. The van der Waals surface area contributed by atoms with E-state index in [1.54, 1.807) is 0 Å². The summed E-state index contributed by atoms with van der Waals surface area (Å²) in [6.45, 7) is 17.0. The Bertz CT molecular complexity index is 1100. The van der Waals surface area contributed by atoms with Crippen LogP contribution in [0.3, 0.4) is 0 Å². The zero-order valence-corrected chi connectivity index (χ0v) is 27.0. The van der Waals surface area contributed by atoms with E-state index in [-0.39, 0.29) is 52.9 Å². The first-order chi connectivity index (χ1) is 19.4. The highest BCUT2D eigenvalue weighted by atomic mass is 16.4. The molecule has 5 rings (SSSR count). The lowest BCUT2D eigenvalue weighted by atomic mass is 9.33. The second-order valence-electron chi connectivity index (χ2n) is 16.1. The Morgan fingerprint density at radius 1 is 0.810 bits per heavy atom. The molecular weight excluding hydrogens is 532 g/mol. The highest BCUT2D eigenvalue weighted by molar-refractivity contribution is 5.76. The van der Waals surface area contributed by atoms with Crippen molar-refractivity contribution in [2.24, 2.45) is 56.7 Å². The molecule has 0 amide bonds. The molecule has 5 aliphatic carbocycles. The number of aliphatic hydroxyl groups excluding tert-OH is 1. The van der Waals surface area contributed by atoms with E-state index in [9.17, 15) is 24.6 Å². The van der Waals surface area contributed by atoms with Gasteiger partial charge in [-0.1, -0.05) is 60.1 Å². The van der Waals surface area contributed by atoms with Gasteiger partial charge in [-0.15, -0.1) is 0 Å². The molecule has 7 heteroatoms. The second kappa shape index (κ2) is 11.2. The molecule has 0 bridgehead atoms. The smallest absolute Gasteiger partial charge is 0.310 e. The van der Waals surface area contributed by atoms with Gasteiger partial charge in [0, 0.05) is 12.8 Å². The minimum absolute atomic E-state index is 0.0302. The Labute approximate surface area is 252 Å². The van der Waals surface area contributed by atoms with Gasteiger partial charge in [0.05, 0.1) is 11.5 Å². The van der Waals surface area contributed by atoms with Crippen molar-refractivity contribution in [2.45, 2.75) is 132 Å². The van der Waals surface area contributed by atoms with Gasteiger partial charge in [-0.05, 0) is 115 Å². The van der Waals surface area contributed by atoms with Gasteiger partial charge in [0.2, 0.25) is 0 Å². The Morgan fingerprint density at radius 3 is 2.00 bits per heavy atom. The number of carbonyl (C=O) groups is 3. The van der Waals surface area contributed by atoms with E-state index < -0.39 is 23.3 Å². The lowest BCUT2D eigenvalue weighted by Gasteiger charge is -2.71. The molecule has 4 fully saturated rings. The van der Waals surface area contributed by atoms with Crippen molar-refractivity contribution in [3.8, 4) is 0 Å². The van der Waals surface area contributed by atoms with Gasteiger partial charge >= 0.3 is 17.9 Å². The molecule has 0 aromatic heterocycles. The van der Waals surface area contributed by atoms with Crippen LogP contribution in [-0.2, 0) is 14.4 Å². The minimum Gasteiger partial charge on any atom is -0.481 e. The van der Waals surface area contributed by atoms with E-state index >= 15 is 0 Å². The predicted molar refractivity (Wildman–Crippen MR) is 162 cm³/mol. The van der Waals surface area contributed by atoms with Crippen LogP contribution in [0.4, 0.5) is 0 Å². The fraction of sp³-hybridized carbons (Fsp3) is 0.857. The molecule has 0 aliphatic heterocycles. The van der Waals surface area contributed by atoms with Crippen LogP contribution < -0.4 is 0 Å². The van der Waals surface area contributed by atoms with Crippen LogP contribution in [0.1, 0.15) is 126 Å². The molecule has 10 atom stereocenters. The summed E-state index contributed by atoms with van der Waals surface area (Å²) in [6.07, 6.45) is 11.7. The zero-order chi connectivity index (χ0) is 31.5. The van der Waals surface area contributed by atoms with Gasteiger partial charge in [-0.3, -0.25) is 14.4 Å². The third kappa shape index (κ3) is 4.94. The Hall–Kier alpha value is -1.89. The number of carboxylic acid groups (broad SMARTS) is 3. The lowest BCUT2D eigenvalue weighted by molar-refractivity contribution is -0.206. The van der Waals surface area contributed by atoms with Crippen molar-refractivity contribution in [3.63, 3.8) is 0 Å². The van der Waals surface area contributed by atoms with E-state index in [0.717, 1.165) is 44.9 Å². The van der Waals surface area contributed by atoms with Crippen LogP contribution in [-0.4, -0.2) is 44.4 Å². The van der Waals surface area contributed by atoms with Gasteiger partial charge in [-0.2, -0.15) is 0 Å². The summed E-state index contributed by atoms with van der Waals surface area (Å²) in [6, 6.07) is 0. The molecular formula is C35H56O7. The molecule has 7 nitrogen and oxygen atoms in total. The number of hydrogen-bond donors (Lipinski definition) is 4. The topological polar surface area (TPSA) is 132 Å². The summed E-state index contributed by atoms with van der Waals surface area (Å²) in [4.78, 5) is 32.4. The Morgan fingerprint density at radius 2 is 1.43 bits per heavy atom. The quantitative estimate of drug-likeness (QED) is 0.246. The van der Waals surface area contributed by atoms with Crippen LogP contribution in [0.2, 0.25) is 0 Å². The Balaban J connectivity index is 0.000000392. The van der Waals surface area contributed by atoms with Crippen LogP contribution in [0.5, 0.6) is 0 Å². The normalized spacial score (nSPS) is 45.4. The van der Waals surface area contributed by atoms with Crippen molar-refractivity contribution in [1.29, 1.82) is 0 Å². The highest BCUT2D eigenvalue weighted by Crippen LogP contribution is 2.75. The van der Waals surface area contributed by atoms with Crippen LogP contribution in [0.25, 0.3) is 0 Å². The van der Waals surface area contributed by atoms with Crippen molar-refractivity contribution < 1.29 is 34.8 Å². The molecule has 0 aromatic carbocycles. The van der Waals surface area contributed by atoms with Crippen LogP contribution in [0, 0.1) is 56.7 Å². The third-order valence-electron chi connectivity index (χ3n) is 14.2. The zero-order valence-electron chi connectivity index (χ0n) is 27.0. The molecule has 4 N–H and O–H groups in total. The summed E-state index contributed by atoms with van der Waals surface area (Å²) in [5.74, 6) is -0.0709. The number of allylic oxidation sites excluding steroid dienone is 2. The number of carboxylic acids is 3. The number of aliphatic hydroxyl groups is 1. The Kier molecular flexibility index (Phi) is 8.83. The standard InChI is InChI=1S/C30H48O3.C5H8O4/c1-18-10-15-30(25(32)33)17-16-28(6)20(24(30)19(18)2)8-9-22-27(5)13-12-23(31)26(3,4)21(27)11-14-29(22,28)7;6-4(7)2-1-3-5(8)9/h8,18-19,21-24,31H,9-17H2,1-7H3,(H,32,33);1-3H2,(H,6,7)(H,8,9)/t18-,19+,21+,22-,23+,24+,27+,28-,29-,30+;/m1./s1. The monoisotopic (exact) mass is 588 g/mol. The first kappa shape index (κ1) is 33.0. The van der Waals surface area contributed by atoms with E-state index in [0.29, 0.717) is 23.7 Å². The lowest BCUT2D eigenvalue weighted by Crippen LogP contribution is -2.65. The SMILES string of the molecule is C[C@H]1[C@H](C)CC[C@]2(C(=O)O)CC[C@]3(C)C(=CC[C@@H]4[C@@]5(C)CC[C@H](O)C(C)(C)[C@@H]5CC[C@]43C)[C@H]12.O=C(O)CCCC(=O)O. The maximum atomic E-state index is 12.8. The molecule has 0 heterocycles. The van der Waals surface area contributed by atoms with Gasteiger partial charge in [0.1, 0.15) is 0 Å². The van der Waals surface area contributed by atoms with E-state index in [1.807, 2.05) is 0 Å². The van der Waals surface area contributed by atoms with Gasteiger partial charge in [0.15, 0.2) is 0 Å². The fourth-order valence-electron chi connectivity index (χ4n) is 11.2. The third-order valence-corrected chi connectivity index (χ3v) is 14.2. The average Bonchev–Trinajstić information content (AvgIpc) is 2.89. The summed E-state index contributed by atoms with van der Waals surface area (Å²) in [5.41, 5.74) is 1.46. The maximum Gasteiger partial charge on any atom is 0.310 e. The van der Waals surface area contributed by atoms with E-state index in [2.05, 4.69) is 54.5 Å². The van der Waals surface area contributed by atoms with Crippen molar-refractivity contribution in [3.05, 3.63) is 11.6 Å². The van der Waals surface area contributed by atoms with Gasteiger partial charge in [0.25, 0.3) is 0 Å². The van der Waals surface area contributed by atoms with E-state index in [4.69, 9.17) is 10.2 Å². The molecule has 0 radical (unpaired) electrons. The van der Waals surface area contributed by atoms with Crippen molar-refractivity contribution >= 4 is 17.9 Å². The second-order valence-corrected chi connectivity index (χ2v) is 16.1. The molecule has 4 saturated carbocycles. The number of hydrogen-bond acceptors (Lipinski definition) is 4. The summed E-state index contributed by atoms with van der Waals surface area (Å²) < 4.78 is 0. The average molecular weight is 589 g/mol. The molecule has 42 heavy (non-hydrogen) atoms. The molecule has 0 aromatic rings. The molecule has 0 spiro atoms. The summed E-state index contributed by atoms with van der Waals surface area (Å²) in [5, 5.41) is 37.5. The minimum atomic E-state index is -0.948. The van der Waals surface area contributed by atoms with Crippen molar-refractivity contribution in [2.75, 3.05) is 0 Å². The molecule has 5 aliphatic rings. The van der Waals surface area contributed by atoms with Crippen LogP contribution >= 0.6 is 0 Å². The van der Waals surface area contributed by atoms with Gasteiger partial charge < -0.3 is 20.4 Å². The number of rotatable bonds is 5. The van der Waals surface area contributed by atoms with Crippen LogP contribution in [0.15, 0.2) is 11.6 Å². The first-order valence-electron chi connectivity index (χ1n) is 16.4. The fourth-order valence-corrected chi connectivity index (χ4v) is 11.2. The number of fused-ring (bicyclic) bond motifs is 7. The predicted octanol–water partition coefficient (Wildman–Crippen LogP) is 7.42. The highest BCUT2D eigenvalue weighted by Gasteiger charge is 2.69. The molecule has 0 unspecified atom stereocenters. The van der Waals surface area contributed by atoms with E-state index in [1.165, 1.54) is 18.4 Å². The van der Waals surface area contributed by atoms with Crippen molar-refractivity contribution in [1.82, 2.24) is 0 Å². The summed E-state index contributed by atoms with van der Waals surface area (Å²) in [7, 11) is 0. The maximum absolute atomic E-state index is 12.8. The van der Waals surface area contributed by atoms with Gasteiger partial charge in [-0.25, -0.2) is 0 Å². The molecule has 238 valence electrons.